The second kappa shape index (κ2) is 7.22. The summed E-state index contributed by atoms with van der Waals surface area (Å²) in [6, 6.07) is 8.73. The van der Waals surface area contributed by atoms with Crippen LogP contribution in [0.1, 0.15) is 24.9 Å². The molecule has 134 valence electrons. The van der Waals surface area contributed by atoms with Crippen molar-refractivity contribution in [3.05, 3.63) is 73.6 Å². The lowest BCUT2D eigenvalue weighted by Crippen LogP contribution is -2.36. The van der Waals surface area contributed by atoms with Crippen LogP contribution in [0.25, 0.3) is 0 Å². The Balaban J connectivity index is 2.15. The van der Waals surface area contributed by atoms with E-state index in [4.69, 9.17) is 11.6 Å². The number of halogens is 4. The van der Waals surface area contributed by atoms with Gasteiger partial charge in [-0.1, -0.05) is 23.7 Å². The van der Waals surface area contributed by atoms with E-state index in [1.807, 2.05) is 0 Å². The van der Waals surface area contributed by atoms with Crippen molar-refractivity contribution in [3.63, 3.8) is 0 Å². The van der Waals surface area contributed by atoms with Gasteiger partial charge in [-0.3, -0.25) is 9.59 Å². The van der Waals surface area contributed by atoms with Crippen molar-refractivity contribution in [2.24, 2.45) is 0 Å². The molecule has 26 heavy (non-hydrogen) atoms. The molecule has 0 aliphatic rings. The average molecular weight is 416 g/mol. The van der Waals surface area contributed by atoms with Gasteiger partial charge in [0.05, 0.1) is 26.0 Å². The summed E-state index contributed by atoms with van der Waals surface area (Å²) in [4.78, 5) is 26.8. The second-order valence-corrected chi connectivity index (χ2v) is 7.37. The zero-order chi connectivity index (χ0) is 18.9. The van der Waals surface area contributed by atoms with Crippen LogP contribution in [0, 0.1) is 0 Å². The predicted molar refractivity (Wildman–Crippen MR) is 96.2 cm³/mol. The highest BCUT2D eigenvalue weighted by Gasteiger charge is 2.34. The average Bonchev–Trinajstić information content (AvgIpc) is 3.29. The molecule has 0 radical (unpaired) electrons. The van der Waals surface area contributed by atoms with Gasteiger partial charge < -0.3 is 0 Å². The monoisotopic (exact) mass is 415 g/mol. The fraction of sp³-hybridized carbons (Fsp3) is 0.0588. The summed E-state index contributed by atoms with van der Waals surface area (Å²) >= 11 is 8.20. The minimum absolute atomic E-state index is 0.132. The number of benzene rings is 1. The third-order valence-corrected chi connectivity index (χ3v) is 5.42. The number of hydrogen-bond donors (Lipinski definition) is 0. The number of alkyl halides is 3. The molecule has 0 bridgehead atoms. The smallest absolute Gasteiger partial charge is 0.267 e. The van der Waals surface area contributed by atoms with Crippen molar-refractivity contribution in [1.29, 1.82) is 0 Å². The van der Waals surface area contributed by atoms with E-state index in [0.717, 1.165) is 34.8 Å². The van der Waals surface area contributed by atoms with Gasteiger partial charge in [0.2, 0.25) is 0 Å². The zero-order valence-electron chi connectivity index (χ0n) is 12.8. The minimum Gasteiger partial charge on any atom is -0.267 e. The summed E-state index contributed by atoms with van der Waals surface area (Å²) in [5.74, 6) is -1.47. The molecule has 2 aromatic heterocycles. The Morgan fingerprint density at radius 3 is 1.88 bits per heavy atom. The maximum absolute atomic E-state index is 13.1. The standard InChI is InChI=1S/C17H9ClF3NO2S2/c18-11-6-5-10(17(19,20)21)9-12(11)22(15(23)13-3-1-7-25-13)16(24)14-4-2-8-26-14/h1-9H. The normalized spacial score (nSPS) is 11.4. The third kappa shape index (κ3) is 3.67. The number of anilines is 1. The molecular weight excluding hydrogens is 407 g/mol. The van der Waals surface area contributed by atoms with Crippen LogP contribution in [-0.2, 0) is 6.18 Å². The molecule has 0 aliphatic heterocycles. The zero-order valence-corrected chi connectivity index (χ0v) is 15.2. The van der Waals surface area contributed by atoms with Crippen molar-refractivity contribution in [2.75, 3.05) is 4.90 Å². The molecular formula is C17H9ClF3NO2S2. The molecule has 3 nitrogen and oxygen atoms in total. The van der Waals surface area contributed by atoms with Crippen molar-refractivity contribution in [1.82, 2.24) is 0 Å². The Bertz CT molecular complexity index is 891. The molecule has 2 heterocycles. The predicted octanol–water partition coefficient (Wildman–Crippen LogP) is 5.97. The van der Waals surface area contributed by atoms with Crippen LogP contribution in [-0.4, -0.2) is 11.8 Å². The van der Waals surface area contributed by atoms with Gasteiger partial charge >= 0.3 is 6.18 Å². The van der Waals surface area contributed by atoms with Crippen molar-refractivity contribution >= 4 is 51.8 Å². The Morgan fingerprint density at radius 1 is 0.923 bits per heavy atom. The number of rotatable bonds is 3. The summed E-state index contributed by atoms with van der Waals surface area (Å²) in [7, 11) is 0. The molecule has 0 N–H and O–H groups in total. The minimum atomic E-state index is -4.64. The van der Waals surface area contributed by atoms with Crippen molar-refractivity contribution in [3.8, 4) is 0 Å². The highest BCUT2D eigenvalue weighted by atomic mass is 35.5. The van der Waals surface area contributed by atoms with Gasteiger partial charge in [-0.15, -0.1) is 22.7 Å². The number of amides is 2. The van der Waals surface area contributed by atoms with Crippen LogP contribution in [0.4, 0.5) is 18.9 Å². The van der Waals surface area contributed by atoms with Crippen LogP contribution in [0.2, 0.25) is 5.02 Å². The summed E-state index contributed by atoms with van der Waals surface area (Å²) in [6.45, 7) is 0. The number of hydrogen-bond acceptors (Lipinski definition) is 4. The molecule has 0 aliphatic carbocycles. The fourth-order valence-electron chi connectivity index (χ4n) is 2.19. The number of thiophene rings is 2. The quantitative estimate of drug-likeness (QED) is 0.494. The van der Waals surface area contributed by atoms with Crippen LogP contribution >= 0.6 is 34.3 Å². The Labute approximate surface area is 159 Å². The van der Waals surface area contributed by atoms with E-state index in [2.05, 4.69) is 0 Å². The number of nitrogens with zero attached hydrogens (tertiary/aromatic N) is 1. The molecule has 0 saturated carbocycles. The molecule has 0 unspecified atom stereocenters. The fourth-order valence-corrected chi connectivity index (χ4v) is 3.70. The Kier molecular flexibility index (Phi) is 5.17. The van der Waals surface area contributed by atoms with E-state index in [1.165, 1.54) is 12.1 Å². The summed E-state index contributed by atoms with van der Waals surface area (Å²) in [6.07, 6.45) is -4.64. The summed E-state index contributed by atoms with van der Waals surface area (Å²) < 4.78 is 39.3. The molecule has 2 amide bonds. The molecule has 3 rings (SSSR count). The van der Waals surface area contributed by atoms with Gasteiger partial charge in [0.25, 0.3) is 11.8 Å². The first kappa shape index (κ1) is 18.6. The summed E-state index contributed by atoms with van der Waals surface area (Å²) in [5, 5.41) is 3.14. The van der Waals surface area contributed by atoms with E-state index in [9.17, 15) is 22.8 Å². The van der Waals surface area contributed by atoms with Crippen molar-refractivity contribution in [2.45, 2.75) is 6.18 Å². The van der Waals surface area contributed by atoms with Crippen molar-refractivity contribution < 1.29 is 22.8 Å². The number of imide groups is 1. The van der Waals surface area contributed by atoms with Crippen LogP contribution < -0.4 is 4.90 Å². The molecule has 9 heteroatoms. The van der Waals surface area contributed by atoms with Gasteiger partial charge in [-0.2, -0.15) is 13.2 Å². The Hall–Kier alpha value is -2.16. The second-order valence-electron chi connectivity index (χ2n) is 5.06. The molecule has 0 atom stereocenters. The highest BCUT2D eigenvalue weighted by molar-refractivity contribution is 7.13. The van der Waals surface area contributed by atoms with E-state index in [-0.39, 0.29) is 20.5 Å². The maximum atomic E-state index is 13.1. The van der Waals surface area contributed by atoms with E-state index >= 15 is 0 Å². The number of carbonyl (C=O) groups is 2. The molecule has 0 fully saturated rings. The van der Waals surface area contributed by atoms with Gasteiger partial charge in [0.15, 0.2) is 0 Å². The summed E-state index contributed by atoms with van der Waals surface area (Å²) in [5.41, 5.74) is -1.31. The maximum Gasteiger partial charge on any atom is 0.416 e. The van der Waals surface area contributed by atoms with Gasteiger partial charge in [0, 0.05) is 0 Å². The first-order valence-corrected chi connectivity index (χ1v) is 9.25. The lowest BCUT2D eigenvalue weighted by Gasteiger charge is -2.22. The van der Waals surface area contributed by atoms with E-state index in [0.29, 0.717) is 11.0 Å². The third-order valence-electron chi connectivity index (χ3n) is 3.38. The molecule has 0 saturated heterocycles. The van der Waals surface area contributed by atoms with Crippen LogP contribution in [0.5, 0.6) is 0 Å². The Morgan fingerprint density at radius 2 is 1.46 bits per heavy atom. The first-order chi connectivity index (χ1) is 12.3. The van der Waals surface area contributed by atoms with Gasteiger partial charge in [0.1, 0.15) is 0 Å². The van der Waals surface area contributed by atoms with Gasteiger partial charge in [-0.05, 0) is 41.1 Å². The first-order valence-electron chi connectivity index (χ1n) is 7.11. The lowest BCUT2D eigenvalue weighted by molar-refractivity contribution is -0.137. The largest absolute Gasteiger partial charge is 0.416 e. The van der Waals surface area contributed by atoms with Crippen LogP contribution in [0.15, 0.2) is 53.2 Å². The lowest BCUT2D eigenvalue weighted by atomic mass is 10.1. The SMILES string of the molecule is O=C(c1cccs1)N(C(=O)c1cccs1)c1cc(C(F)(F)F)ccc1Cl. The molecule has 3 aromatic rings. The van der Waals surface area contributed by atoms with Gasteiger partial charge in [-0.25, -0.2) is 4.90 Å². The highest BCUT2D eigenvalue weighted by Crippen LogP contribution is 2.37. The molecule has 1 aromatic carbocycles. The van der Waals surface area contributed by atoms with E-state index in [1.54, 1.807) is 22.9 Å². The molecule has 0 spiro atoms. The topological polar surface area (TPSA) is 37.4 Å². The van der Waals surface area contributed by atoms with E-state index < -0.39 is 23.6 Å². The number of carbonyl (C=O) groups excluding carboxylic acids is 2. The van der Waals surface area contributed by atoms with Crippen LogP contribution in [0.3, 0.4) is 0 Å².